The molecule has 0 spiro atoms. The maximum absolute atomic E-state index is 9.69. The van der Waals surface area contributed by atoms with Crippen molar-refractivity contribution in [2.75, 3.05) is 13.1 Å². The summed E-state index contributed by atoms with van der Waals surface area (Å²) >= 11 is 0. The van der Waals surface area contributed by atoms with Gasteiger partial charge < -0.3 is 15.2 Å². The van der Waals surface area contributed by atoms with Crippen LogP contribution in [0.15, 0.2) is 24.3 Å². The molecule has 0 amide bonds. The molecule has 0 bridgehead atoms. The Morgan fingerprint density at radius 1 is 1.29 bits per heavy atom. The fourth-order valence-corrected chi connectivity index (χ4v) is 1.97. The van der Waals surface area contributed by atoms with Crippen molar-refractivity contribution in [3.05, 3.63) is 29.8 Å². The Morgan fingerprint density at radius 3 is 2.65 bits per heavy atom. The van der Waals surface area contributed by atoms with Gasteiger partial charge in [-0.05, 0) is 23.1 Å². The Bertz CT molecular complexity index is 384. The molecule has 1 aromatic carbocycles. The quantitative estimate of drug-likeness (QED) is 0.819. The number of aliphatic hydroxyl groups is 1. The number of ether oxygens (including phenoxy) is 1. The molecule has 1 aliphatic rings. The molecule has 1 heterocycles. The second-order valence-corrected chi connectivity index (χ2v) is 5.66. The summed E-state index contributed by atoms with van der Waals surface area (Å²) in [5.41, 5.74) is 1.36. The van der Waals surface area contributed by atoms with Crippen LogP contribution in [0.1, 0.15) is 26.3 Å². The predicted octanol–water partition coefficient (Wildman–Crippen LogP) is 1.70. The molecule has 17 heavy (non-hydrogen) atoms. The highest BCUT2D eigenvalue weighted by Gasteiger charge is 2.26. The van der Waals surface area contributed by atoms with E-state index in [0.29, 0.717) is 13.1 Å². The van der Waals surface area contributed by atoms with Crippen LogP contribution in [0, 0.1) is 0 Å². The highest BCUT2D eigenvalue weighted by Crippen LogP contribution is 2.26. The molecule has 1 aromatic rings. The number of nitrogens with one attached hydrogen (secondary N) is 1. The van der Waals surface area contributed by atoms with E-state index < -0.39 is 6.10 Å². The van der Waals surface area contributed by atoms with Crippen molar-refractivity contribution in [2.24, 2.45) is 0 Å². The van der Waals surface area contributed by atoms with E-state index in [0.717, 1.165) is 5.75 Å². The predicted molar refractivity (Wildman–Crippen MR) is 68.4 cm³/mol. The van der Waals surface area contributed by atoms with Crippen LogP contribution < -0.4 is 10.1 Å². The molecule has 1 fully saturated rings. The first-order chi connectivity index (χ1) is 7.97. The Hall–Kier alpha value is -1.06. The van der Waals surface area contributed by atoms with E-state index in [-0.39, 0.29) is 11.5 Å². The molecule has 0 unspecified atom stereocenters. The fourth-order valence-electron chi connectivity index (χ4n) is 1.97. The zero-order chi connectivity index (χ0) is 12.5. The van der Waals surface area contributed by atoms with Crippen molar-refractivity contribution in [3.63, 3.8) is 0 Å². The van der Waals surface area contributed by atoms with E-state index in [1.54, 1.807) is 0 Å². The fraction of sp³-hybridized carbons (Fsp3) is 0.571. The summed E-state index contributed by atoms with van der Waals surface area (Å²) in [6, 6.07) is 8.12. The number of hydrogen-bond donors (Lipinski definition) is 2. The number of aliphatic hydroxyl groups excluding tert-OH is 1. The van der Waals surface area contributed by atoms with Crippen LogP contribution in [0.4, 0.5) is 0 Å². The van der Waals surface area contributed by atoms with Crippen LogP contribution in [0.3, 0.4) is 0 Å². The van der Waals surface area contributed by atoms with Crippen molar-refractivity contribution in [1.82, 2.24) is 5.32 Å². The van der Waals surface area contributed by atoms with Crippen LogP contribution in [0.25, 0.3) is 0 Å². The Kier molecular flexibility index (Phi) is 3.40. The van der Waals surface area contributed by atoms with E-state index in [2.05, 4.69) is 38.2 Å². The average molecular weight is 235 g/mol. The van der Waals surface area contributed by atoms with Gasteiger partial charge >= 0.3 is 0 Å². The summed E-state index contributed by atoms with van der Waals surface area (Å²) in [6.07, 6.45) is -0.543. The minimum atomic E-state index is -0.409. The lowest BCUT2D eigenvalue weighted by Gasteiger charge is -2.21. The summed E-state index contributed by atoms with van der Waals surface area (Å²) in [7, 11) is 0. The molecule has 0 saturated carbocycles. The molecular formula is C14H21NO2. The summed E-state index contributed by atoms with van der Waals surface area (Å²) in [6.45, 7) is 7.86. The molecule has 0 radical (unpaired) electrons. The minimum absolute atomic E-state index is 0.117. The van der Waals surface area contributed by atoms with E-state index in [4.69, 9.17) is 4.74 Å². The largest absolute Gasteiger partial charge is 0.486 e. The molecule has 2 atom stereocenters. The van der Waals surface area contributed by atoms with Gasteiger partial charge in [-0.15, -0.1) is 0 Å². The van der Waals surface area contributed by atoms with Gasteiger partial charge in [-0.1, -0.05) is 32.9 Å². The Labute approximate surface area is 103 Å². The summed E-state index contributed by atoms with van der Waals surface area (Å²) in [4.78, 5) is 0. The van der Waals surface area contributed by atoms with Gasteiger partial charge in [-0.3, -0.25) is 0 Å². The monoisotopic (exact) mass is 235 g/mol. The topological polar surface area (TPSA) is 41.5 Å². The lowest BCUT2D eigenvalue weighted by molar-refractivity contribution is 0.0736. The summed E-state index contributed by atoms with van der Waals surface area (Å²) in [5, 5.41) is 12.8. The van der Waals surface area contributed by atoms with Gasteiger partial charge in [0.25, 0.3) is 0 Å². The van der Waals surface area contributed by atoms with Crippen LogP contribution in [-0.2, 0) is 5.41 Å². The minimum Gasteiger partial charge on any atom is -0.486 e. The Balaban J connectivity index is 2.11. The third-order valence-electron chi connectivity index (χ3n) is 3.12. The smallest absolute Gasteiger partial charge is 0.138 e. The lowest BCUT2D eigenvalue weighted by atomic mass is 9.87. The second kappa shape index (κ2) is 4.67. The van der Waals surface area contributed by atoms with E-state index in [9.17, 15) is 5.11 Å². The van der Waals surface area contributed by atoms with E-state index >= 15 is 0 Å². The van der Waals surface area contributed by atoms with Crippen LogP contribution >= 0.6 is 0 Å². The van der Waals surface area contributed by atoms with Crippen molar-refractivity contribution in [2.45, 2.75) is 38.4 Å². The Morgan fingerprint density at radius 2 is 2.06 bits per heavy atom. The maximum atomic E-state index is 9.69. The van der Waals surface area contributed by atoms with Gasteiger partial charge in [0.15, 0.2) is 0 Å². The van der Waals surface area contributed by atoms with Crippen molar-refractivity contribution < 1.29 is 9.84 Å². The van der Waals surface area contributed by atoms with E-state index in [1.165, 1.54) is 5.56 Å². The molecule has 1 saturated heterocycles. The van der Waals surface area contributed by atoms with Gasteiger partial charge in [0.1, 0.15) is 18.0 Å². The molecule has 1 aliphatic heterocycles. The normalized spacial score (nSPS) is 24.9. The average Bonchev–Trinajstić information content (AvgIpc) is 2.64. The zero-order valence-electron chi connectivity index (χ0n) is 10.7. The van der Waals surface area contributed by atoms with Gasteiger partial charge in [0.2, 0.25) is 0 Å². The van der Waals surface area contributed by atoms with Crippen molar-refractivity contribution in [3.8, 4) is 5.75 Å². The molecule has 0 aliphatic carbocycles. The maximum Gasteiger partial charge on any atom is 0.138 e. The van der Waals surface area contributed by atoms with Crippen LogP contribution in [-0.4, -0.2) is 30.4 Å². The van der Waals surface area contributed by atoms with Gasteiger partial charge in [-0.25, -0.2) is 0 Å². The van der Waals surface area contributed by atoms with Gasteiger partial charge in [-0.2, -0.15) is 0 Å². The molecule has 3 nitrogen and oxygen atoms in total. The standard InChI is InChI=1S/C14H21NO2/c1-14(2,3)10-5-4-6-11(7-10)17-13-9-15-8-12(13)16/h4-7,12-13,15-16H,8-9H2,1-3H3/t12-,13-/m0/s1. The van der Waals surface area contributed by atoms with Crippen LogP contribution in [0.5, 0.6) is 5.75 Å². The number of benzene rings is 1. The van der Waals surface area contributed by atoms with Gasteiger partial charge in [0, 0.05) is 13.1 Å². The van der Waals surface area contributed by atoms with Gasteiger partial charge in [0.05, 0.1) is 0 Å². The SMILES string of the molecule is CC(C)(C)c1cccc(O[C@H]2CNC[C@@H]2O)c1. The lowest BCUT2D eigenvalue weighted by Crippen LogP contribution is -2.29. The van der Waals surface area contributed by atoms with E-state index in [1.807, 2.05) is 12.1 Å². The highest BCUT2D eigenvalue weighted by atomic mass is 16.5. The molecule has 2 rings (SSSR count). The molecule has 3 heteroatoms. The van der Waals surface area contributed by atoms with Crippen LogP contribution in [0.2, 0.25) is 0 Å². The number of β-amino-alcohol motifs (C(OH)–C–C–N with tert-alkyl or cyclic N) is 1. The van der Waals surface area contributed by atoms with Crippen molar-refractivity contribution in [1.29, 1.82) is 0 Å². The zero-order valence-corrected chi connectivity index (χ0v) is 10.7. The summed E-state index contributed by atoms with van der Waals surface area (Å²) in [5.74, 6) is 0.838. The highest BCUT2D eigenvalue weighted by molar-refractivity contribution is 5.32. The summed E-state index contributed by atoms with van der Waals surface area (Å²) < 4.78 is 5.81. The third-order valence-corrected chi connectivity index (χ3v) is 3.12. The third kappa shape index (κ3) is 2.99. The number of hydrogen-bond acceptors (Lipinski definition) is 3. The molecule has 2 N–H and O–H groups in total. The number of rotatable bonds is 2. The first-order valence-corrected chi connectivity index (χ1v) is 6.13. The molecular weight excluding hydrogens is 214 g/mol. The van der Waals surface area contributed by atoms with Crippen molar-refractivity contribution >= 4 is 0 Å². The first kappa shape index (κ1) is 12.4. The first-order valence-electron chi connectivity index (χ1n) is 6.13. The molecule has 0 aromatic heterocycles. The second-order valence-electron chi connectivity index (χ2n) is 5.66. The molecule has 94 valence electrons.